The SMILES string of the molecule is CC[C@H](C)N(Cc1ccc(OS(C)(=O)=O)cc1)C(=O)Cc1cccs1. The van der Waals surface area contributed by atoms with Gasteiger partial charge in [-0.1, -0.05) is 25.1 Å². The minimum absolute atomic E-state index is 0.0910. The zero-order chi connectivity index (χ0) is 18.4. The molecule has 1 aromatic carbocycles. The molecule has 1 aromatic heterocycles. The van der Waals surface area contributed by atoms with Gasteiger partial charge in [-0.3, -0.25) is 4.79 Å². The summed E-state index contributed by atoms with van der Waals surface area (Å²) in [6, 6.07) is 10.8. The van der Waals surface area contributed by atoms with Crippen LogP contribution in [0.2, 0.25) is 0 Å². The van der Waals surface area contributed by atoms with Crippen molar-refractivity contribution in [2.75, 3.05) is 6.26 Å². The minimum atomic E-state index is -3.54. The molecule has 0 aliphatic heterocycles. The lowest BCUT2D eigenvalue weighted by Gasteiger charge is -2.29. The number of rotatable bonds is 8. The molecule has 0 unspecified atom stereocenters. The summed E-state index contributed by atoms with van der Waals surface area (Å²) in [6.45, 7) is 4.57. The van der Waals surface area contributed by atoms with Crippen molar-refractivity contribution in [3.8, 4) is 5.75 Å². The standard InChI is InChI=1S/C18H23NO4S2/c1-4-14(2)19(18(20)12-17-6-5-11-24-17)13-15-7-9-16(10-8-15)23-25(3,21)22/h5-11,14H,4,12-13H2,1-3H3/t14-/m0/s1. The number of thiophene rings is 1. The monoisotopic (exact) mass is 381 g/mol. The van der Waals surface area contributed by atoms with Crippen LogP contribution in [0.3, 0.4) is 0 Å². The quantitative estimate of drug-likeness (QED) is 0.657. The number of hydrogen-bond donors (Lipinski definition) is 0. The molecule has 0 aliphatic rings. The maximum atomic E-state index is 12.7. The van der Waals surface area contributed by atoms with E-state index in [1.807, 2.05) is 29.3 Å². The highest BCUT2D eigenvalue weighted by Gasteiger charge is 2.20. The van der Waals surface area contributed by atoms with Crippen LogP contribution in [0.1, 0.15) is 30.7 Å². The van der Waals surface area contributed by atoms with Crippen LogP contribution < -0.4 is 4.18 Å². The first kappa shape index (κ1) is 19.5. The lowest BCUT2D eigenvalue weighted by atomic mass is 10.1. The number of amides is 1. The Bertz CT molecular complexity index is 783. The van der Waals surface area contributed by atoms with Crippen molar-refractivity contribution in [1.29, 1.82) is 0 Å². The predicted molar refractivity (Wildman–Crippen MR) is 100 cm³/mol. The highest BCUT2D eigenvalue weighted by Crippen LogP contribution is 2.19. The van der Waals surface area contributed by atoms with Gasteiger partial charge in [0, 0.05) is 17.5 Å². The number of nitrogens with zero attached hydrogens (tertiary/aromatic N) is 1. The molecule has 0 aliphatic carbocycles. The smallest absolute Gasteiger partial charge is 0.306 e. The number of carbonyl (C=O) groups is 1. The maximum absolute atomic E-state index is 12.7. The van der Waals surface area contributed by atoms with Gasteiger partial charge in [0.1, 0.15) is 5.75 Å². The topological polar surface area (TPSA) is 63.7 Å². The molecule has 1 atom stereocenters. The van der Waals surface area contributed by atoms with Crippen LogP contribution in [0.25, 0.3) is 0 Å². The van der Waals surface area contributed by atoms with E-state index in [0.29, 0.717) is 13.0 Å². The molecule has 0 spiro atoms. The Labute approximate surface area is 153 Å². The molecular formula is C18H23NO4S2. The molecule has 136 valence electrons. The Morgan fingerprint density at radius 3 is 2.44 bits per heavy atom. The molecule has 0 N–H and O–H groups in total. The van der Waals surface area contributed by atoms with Crippen LogP contribution in [-0.4, -0.2) is 31.5 Å². The van der Waals surface area contributed by atoms with Gasteiger partial charge in [0.25, 0.3) is 0 Å². The van der Waals surface area contributed by atoms with E-state index in [2.05, 4.69) is 6.92 Å². The predicted octanol–water partition coefficient (Wildman–Crippen LogP) is 3.46. The van der Waals surface area contributed by atoms with E-state index in [0.717, 1.165) is 23.1 Å². The zero-order valence-electron chi connectivity index (χ0n) is 14.6. The number of carbonyl (C=O) groups excluding carboxylic acids is 1. The van der Waals surface area contributed by atoms with Crippen molar-refractivity contribution < 1.29 is 17.4 Å². The van der Waals surface area contributed by atoms with E-state index in [-0.39, 0.29) is 17.7 Å². The van der Waals surface area contributed by atoms with Crippen molar-refractivity contribution in [2.24, 2.45) is 0 Å². The summed E-state index contributed by atoms with van der Waals surface area (Å²) in [7, 11) is -3.54. The molecule has 5 nitrogen and oxygen atoms in total. The van der Waals surface area contributed by atoms with Crippen molar-refractivity contribution in [2.45, 2.75) is 39.3 Å². The molecule has 1 amide bonds. The Hall–Kier alpha value is -1.86. The van der Waals surface area contributed by atoms with Crippen LogP contribution >= 0.6 is 11.3 Å². The van der Waals surface area contributed by atoms with Gasteiger partial charge in [-0.25, -0.2) is 0 Å². The number of hydrogen-bond acceptors (Lipinski definition) is 5. The molecule has 1 heterocycles. The van der Waals surface area contributed by atoms with Crippen LogP contribution in [0.5, 0.6) is 5.75 Å². The third-order valence-corrected chi connectivity index (χ3v) is 5.24. The molecule has 0 saturated carbocycles. The molecule has 0 bridgehead atoms. The highest BCUT2D eigenvalue weighted by atomic mass is 32.2. The normalized spacial score (nSPS) is 12.6. The van der Waals surface area contributed by atoms with E-state index in [1.54, 1.807) is 35.6 Å². The summed E-state index contributed by atoms with van der Waals surface area (Å²) in [6.07, 6.45) is 2.28. The highest BCUT2D eigenvalue weighted by molar-refractivity contribution is 7.86. The Balaban J connectivity index is 2.09. The summed E-state index contributed by atoms with van der Waals surface area (Å²) in [5, 5.41) is 1.97. The van der Waals surface area contributed by atoms with Crippen LogP contribution in [-0.2, 0) is 27.9 Å². The van der Waals surface area contributed by atoms with Gasteiger partial charge in [0.05, 0.1) is 12.7 Å². The lowest BCUT2D eigenvalue weighted by Crippen LogP contribution is -2.38. The van der Waals surface area contributed by atoms with Crippen LogP contribution in [0.4, 0.5) is 0 Å². The fraction of sp³-hybridized carbons (Fsp3) is 0.389. The third kappa shape index (κ3) is 6.17. The van der Waals surface area contributed by atoms with Gasteiger partial charge in [0.2, 0.25) is 5.91 Å². The first-order valence-electron chi connectivity index (χ1n) is 8.08. The summed E-state index contributed by atoms with van der Waals surface area (Å²) in [5.41, 5.74) is 0.931. The van der Waals surface area contributed by atoms with E-state index in [4.69, 9.17) is 4.18 Å². The molecule has 0 fully saturated rings. The van der Waals surface area contributed by atoms with Crippen molar-refractivity contribution >= 4 is 27.4 Å². The average molecular weight is 382 g/mol. The van der Waals surface area contributed by atoms with Crippen molar-refractivity contribution in [1.82, 2.24) is 4.90 Å². The van der Waals surface area contributed by atoms with E-state index in [9.17, 15) is 13.2 Å². The average Bonchev–Trinajstić information content (AvgIpc) is 3.04. The Kier molecular flexibility index (Phi) is 6.61. The van der Waals surface area contributed by atoms with Gasteiger partial charge < -0.3 is 9.08 Å². The fourth-order valence-electron chi connectivity index (χ4n) is 2.40. The molecule has 0 radical (unpaired) electrons. The third-order valence-electron chi connectivity index (χ3n) is 3.87. The van der Waals surface area contributed by atoms with Gasteiger partial charge in [-0.05, 0) is 42.5 Å². The van der Waals surface area contributed by atoms with Gasteiger partial charge in [0.15, 0.2) is 0 Å². The maximum Gasteiger partial charge on any atom is 0.306 e. The summed E-state index contributed by atoms with van der Waals surface area (Å²) in [4.78, 5) is 15.6. The first-order valence-corrected chi connectivity index (χ1v) is 10.8. The van der Waals surface area contributed by atoms with E-state index >= 15 is 0 Å². The fourth-order valence-corrected chi connectivity index (χ4v) is 3.55. The van der Waals surface area contributed by atoms with E-state index in [1.165, 1.54) is 0 Å². The summed E-state index contributed by atoms with van der Waals surface area (Å²) in [5.74, 6) is 0.361. The Morgan fingerprint density at radius 2 is 1.92 bits per heavy atom. The second kappa shape index (κ2) is 8.49. The number of benzene rings is 1. The van der Waals surface area contributed by atoms with Crippen molar-refractivity contribution in [3.63, 3.8) is 0 Å². The zero-order valence-corrected chi connectivity index (χ0v) is 16.3. The van der Waals surface area contributed by atoms with Gasteiger partial charge >= 0.3 is 10.1 Å². The molecule has 0 saturated heterocycles. The van der Waals surface area contributed by atoms with Crippen molar-refractivity contribution in [3.05, 3.63) is 52.2 Å². The minimum Gasteiger partial charge on any atom is -0.383 e. The second-order valence-corrected chi connectivity index (χ2v) is 8.57. The molecule has 2 rings (SSSR count). The van der Waals surface area contributed by atoms with Gasteiger partial charge in [-0.15, -0.1) is 11.3 Å². The van der Waals surface area contributed by atoms with Crippen LogP contribution in [0, 0.1) is 0 Å². The first-order chi connectivity index (χ1) is 11.8. The summed E-state index contributed by atoms with van der Waals surface area (Å²) < 4.78 is 27.2. The van der Waals surface area contributed by atoms with Gasteiger partial charge in [-0.2, -0.15) is 8.42 Å². The molecule has 7 heteroatoms. The molecule has 2 aromatic rings. The van der Waals surface area contributed by atoms with Crippen LogP contribution in [0.15, 0.2) is 41.8 Å². The molecular weight excluding hydrogens is 358 g/mol. The summed E-state index contributed by atoms with van der Waals surface area (Å²) >= 11 is 1.58. The second-order valence-electron chi connectivity index (χ2n) is 5.97. The lowest BCUT2D eigenvalue weighted by molar-refractivity contribution is -0.133. The molecule has 25 heavy (non-hydrogen) atoms. The largest absolute Gasteiger partial charge is 0.383 e. The van der Waals surface area contributed by atoms with E-state index < -0.39 is 10.1 Å². The Morgan fingerprint density at radius 1 is 1.24 bits per heavy atom.